The van der Waals surface area contributed by atoms with Gasteiger partial charge in [0.15, 0.2) is 0 Å². The molecule has 0 aromatic carbocycles. The van der Waals surface area contributed by atoms with Gasteiger partial charge in [0.1, 0.15) is 5.76 Å². The van der Waals surface area contributed by atoms with Crippen LogP contribution in [-0.4, -0.2) is 27.5 Å². The molecule has 0 bridgehead atoms. The maximum atomic E-state index is 10.7. The van der Waals surface area contributed by atoms with Crippen LogP contribution in [0.15, 0.2) is 35.1 Å². The van der Waals surface area contributed by atoms with Gasteiger partial charge in [0.2, 0.25) is 0 Å². The maximum absolute atomic E-state index is 10.7. The van der Waals surface area contributed by atoms with Crippen LogP contribution in [0.2, 0.25) is 0 Å². The van der Waals surface area contributed by atoms with E-state index in [-0.39, 0.29) is 22.9 Å². The Bertz CT molecular complexity index is 602. The molecule has 4 aliphatic carbocycles. The first-order valence-electron chi connectivity index (χ1n) is 8.56. The summed E-state index contributed by atoms with van der Waals surface area (Å²) in [7, 11) is 0. The van der Waals surface area contributed by atoms with Gasteiger partial charge in [-0.25, -0.2) is 0 Å². The number of rotatable bonds is 0. The van der Waals surface area contributed by atoms with Crippen molar-refractivity contribution < 1.29 is 15.3 Å². The van der Waals surface area contributed by atoms with E-state index in [2.05, 4.69) is 19.9 Å². The van der Waals surface area contributed by atoms with Crippen molar-refractivity contribution in [3.63, 3.8) is 0 Å². The van der Waals surface area contributed by atoms with Gasteiger partial charge in [-0.3, -0.25) is 0 Å². The van der Waals surface area contributed by atoms with E-state index in [4.69, 9.17) is 0 Å². The van der Waals surface area contributed by atoms with Gasteiger partial charge in [0.05, 0.1) is 12.2 Å². The zero-order valence-electron chi connectivity index (χ0n) is 13.4. The molecule has 4 aliphatic rings. The van der Waals surface area contributed by atoms with Crippen molar-refractivity contribution in [1.29, 1.82) is 0 Å². The Balaban J connectivity index is 1.83. The molecule has 2 fully saturated rings. The van der Waals surface area contributed by atoms with Gasteiger partial charge < -0.3 is 15.3 Å². The van der Waals surface area contributed by atoms with Crippen LogP contribution in [0, 0.1) is 22.7 Å². The minimum Gasteiger partial charge on any atom is -0.508 e. The lowest BCUT2D eigenvalue weighted by Crippen LogP contribution is -2.46. The molecular weight excluding hydrogens is 276 g/mol. The van der Waals surface area contributed by atoms with Gasteiger partial charge in [-0.05, 0) is 55.6 Å². The van der Waals surface area contributed by atoms with Gasteiger partial charge in [0, 0.05) is 10.8 Å². The van der Waals surface area contributed by atoms with E-state index in [9.17, 15) is 15.3 Å². The second-order valence-corrected chi connectivity index (χ2v) is 8.17. The Labute approximate surface area is 132 Å². The fourth-order valence-corrected chi connectivity index (χ4v) is 5.64. The molecule has 3 N–H and O–H groups in total. The van der Waals surface area contributed by atoms with E-state index in [1.54, 1.807) is 0 Å². The molecule has 0 spiro atoms. The van der Waals surface area contributed by atoms with Crippen LogP contribution < -0.4 is 0 Å². The van der Waals surface area contributed by atoms with Crippen LogP contribution in [0.25, 0.3) is 0 Å². The van der Waals surface area contributed by atoms with E-state index in [1.807, 2.05) is 12.2 Å². The first-order chi connectivity index (χ1) is 10.4. The van der Waals surface area contributed by atoms with Crippen molar-refractivity contribution in [1.82, 2.24) is 0 Å². The Morgan fingerprint density at radius 1 is 1.09 bits per heavy atom. The molecule has 2 saturated carbocycles. The smallest absolute Gasteiger partial charge is 0.115 e. The van der Waals surface area contributed by atoms with Crippen molar-refractivity contribution in [2.75, 3.05) is 0 Å². The lowest BCUT2D eigenvalue weighted by Gasteiger charge is -2.52. The molecule has 0 aromatic heterocycles. The number of allylic oxidation sites excluding steroid dienone is 3. The third-order valence-corrected chi connectivity index (χ3v) is 7.12. The van der Waals surface area contributed by atoms with Crippen molar-refractivity contribution in [3.8, 4) is 0 Å². The molecule has 0 aromatic rings. The van der Waals surface area contributed by atoms with Gasteiger partial charge in [-0.2, -0.15) is 0 Å². The first kappa shape index (κ1) is 14.5. The highest BCUT2D eigenvalue weighted by molar-refractivity contribution is 5.45. The van der Waals surface area contributed by atoms with Crippen LogP contribution in [-0.2, 0) is 0 Å². The lowest BCUT2D eigenvalue weighted by molar-refractivity contribution is 0.0102. The van der Waals surface area contributed by atoms with Gasteiger partial charge in [-0.15, -0.1) is 0 Å². The quantitative estimate of drug-likeness (QED) is 0.602. The summed E-state index contributed by atoms with van der Waals surface area (Å²) in [6, 6.07) is 0. The minimum atomic E-state index is -0.434. The molecule has 120 valence electrons. The number of fused-ring (bicyclic) bond motifs is 5. The zero-order valence-corrected chi connectivity index (χ0v) is 13.4. The second kappa shape index (κ2) is 4.48. The third kappa shape index (κ3) is 1.70. The van der Waals surface area contributed by atoms with Crippen LogP contribution in [0.4, 0.5) is 0 Å². The second-order valence-electron chi connectivity index (χ2n) is 8.17. The molecule has 0 saturated heterocycles. The predicted octanol–water partition coefficient (Wildman–Crippen LogP) is 3.25. The normalized spacial score (nSPS) is 50.3. The van der Waals surface area contributed by atoms with Crippen molar-refractivity contribution in [2.24, 2.45) is 22.7 Å². The van der Waals surface area contributed by atoms with E-state index in [0.29, 0.717) is 18.1 Å². The van der Waals surface area contributed by atoms with E-state index in [1.165, 1.54) is 0 Å². The highest BCUT2D eigenvalue weighted by Gasteiger charge is 2.56. The molecule has 6 atom stereocenters. The standard InChI is InChI=1S/C19H26O3/c1-18-7-5-12(20)9-11(18)10-15(21)17-13-3-4-16(22)19(13,2)8-6-14(17)18/h5,7,10,12-14,16,20-22H,3-4,6,8-9H2,1-2H3/t12-,13-,14-,16-,18-,19-/m0/s1. The summed E-state index contributed by atoms with van der Waals surface area (Å²) in [5.41, 5.74) is 2.14. The molecular formula is C19H26O3. The number of aliphatic hydroxyl groups excluding tert-OH is 3. The fourth-order valence-electron chi connectivity index (χ4n) is 5.64. The summed E-state index contributed by atoms with van der Waals surface area (Å²) in [6.45, 7) is 4.43. The number of aliphatic hydroxyl groups is 3. The SMILES string of the molecule is C[C@]12CC[C@H]3C(=C(O)C=C4C[C@@H](O)C=C[C@@]43C)[C@@H]1CC[C@@H]2O. The Kier molecular flexibility index (Phi) is 2.96. The molecule has 3 heteroatoms. The average Bonchev–Trinajstić information content (AvgIpc) is 2.77. The number of hydrogen-bond donors (Lipinski definition) is 3. The highest BCUT2D eigenvalue weighted by atomic mass is 16.3. The molecule has 0 amide bonds. The van der Waals surface area contributed by atoms with E-state index >= 15 is 0 Å². The lowest BCUT2D eigenvalue weighted by atomic mass is 9.52. The summed E-state index contributed by atoms with van der Waals surface area (Å²) < 4.78 is 0. The summed E-state index contributed by atoms with van der Waals surface area (Å²) in [5, 5.41) is 31.0. The van der Waals surface area contributed by atoms with E-state index < -0.39 is 6.10 Å². The summed E-state index contributed by atoms with van der Waals surface area (Å²) in [4.78, 5) is 0. The Morgan fingerprint density at radius 2 is 1.86 bits per heavy atom. The molecule has 0 heterocycles. The first-order valence-corrected chi connectivity index (χ1v) is 8.56. The maximum Gasteiger partial charge on any atom is 0.115 e. The largest absolute Gasteiger partial charge is 0.508 e. The minimum absolute atomic E-state index is 0.0839. The molecule has 3 nitrogen and oxygen atoms in total. The summed E-state index contributed by atoms with van der Waals surface area (Å²) >= 11 is 0. The topological polar surface area (TPSA) is 60.7 Å². The molecule has 0 aliphatic heterocycles. The molecule has 0 unspecified atom stereocenters. The highest BCUT2D eigenvalue weighted by Crippen LogP contribution is 2.63. The van der Waals surface area contributed by atoms with Gasteiger partial charge >= 0.3 is 0 Å². The zero-order chi connectivity index (χ0) is 15.7. The Hall–Kier alpha value is -1.06. The van der Waals surface area contributed by atoms with Crippen molar-refractivity contribution in [3.05, 3.63) is 35.1 Å². The van der Waals surface area contributed by atoms with Gasteiger partial charge in [0.25, 0.3) is 0 Å². The predicted molar refractivity (Wildman–Crippen MR) is 85.2 cm³/mol. The van der Waals surface area contributed by atoms with Crippen LogP contribution in [0.3, 0.4) is 0 Å². The summed E-state index contributed by atoms with van der Waals surface area (Å²) in [6.07, 6.45) is 9.72. The third-order valence-electron chi connectivity index (χ3n) is 7.12. The molecule has 4 rings (SSSR count). The Morgan fingerprint density at radius 3 is 2.64 bits per heavy atom. The van der Waals surface area contributed by atoms with Crippen LogP contribution in [0.1, 0.15) is 46.0 Å². The van der Waals surface area contributed by atoms with Crippen molar-refractivity contribution in [2.45, 2.75) is 58.2 Å². The average molecular weight is 302 g/mol. The fraction of sp³-hybridized carbons (Fsp3) is 0.684. The van der Waals surface area contributed by atoms with Crippen LogP contribution >= 0.6 is 0 Å². The van der Waals surface area contributed by atoms with Crippen molar-refractivity contribution >= 4 is 0 Å². The summed E-state index contributed by atoms with van der Waals surface area (Å²) in [5.74, 6) is 1.00. The number of hydrogen-bond acceptors (Lipinski definition) is 3. The van der Waals surface area contributed by atoms with Crippen LogP contribution in [0.5, 0.6) is 0 Å². The van der Waals surface area contributed by atoms with Gasteiger partial charge in [-0.1, -0.05) is 31.6 Å². The monoisotopic (exact) mass is 302 g/mol. The molecule has 22 heavy (non-hydrogen) atoms. The van der Waals surface area contributed by atoms with E-state index in [0.717, 1.165) is 36.8 Å². The molecule has 0 radical (unpaired) electrons.